The number of aliphatic hydroxyl groups is 9. The minimum atomic E-state index is -4.64. The zero-order chi connectivity index (χ0) is 66.6. The molecule has 23 heteroatoms. The number of phosphoric acid groups is 1. The maximum atomic E-state index is 16.9. The van der Waals surface area contributed by atoms with E-state index in [1.54, 1.807) is 80.5 Å². The van der Waals surface area contributed by atoms with E-state index in [1.807, 2.05) is 0 Å². The van der Waals surface area contributed by atoms with E-state index in [4.69, 9.17) is 19.2 Å². The molecule has 12 aliphatic carbocycles. The SMILES string of the molecule is C[C@@H]1C[C@H]2[C@@H]3CCC4=CC(=O)C=C[C@]4(C)[C@@]3(F)[C@@H](O)C[C@]2(C)[C@@]1(O)C(=O)CO.C[C@@H]1C[C@H]2[C@@H]3CCC4=CC(=O)C=C[C@]4(C)[C@@]3(F)[C@@H](O)C[C@]2(C)[C@@]1(O)C(=O)CO.C[C@H]1C[C@H]2[C@@H]3CCC4=CC(=O)C=C[C@]4(C)[C@@]3(F)[C@@H](O)C[C@]2(C)[C@@]1(O)C(=O)CO.O=P(O)(O)O. The van der Waals surface area contributed by atoms with Gasteiger partial charge in [-0.1, -0.05) is 76.5 Å². The van der Waals surface area contributed by atoms with Gasteiger partial charge in [0.2, 0.25) is 0 Å². The van der Waals surface area contributed by atoms with Crippen molar-refractivity contribution in [2.24, 2.45) is 85.8 Å². The lowest BCUT2D eigenvalue weighted by atomic mass is 9.44. The summed E-state index contributed by atoms with van der Waals surface area (Å²) in [5.41, 5.74) is -15.5. The number of fused-ring (bicyclic) bond motifs is 15. The van der Waals surface area contributed by atoms with Crippen molar-refractivity contribution in [1.82, 2.24) is 0 Å². The summed E-state index contributed by atoms with van der Waals surface area (Å²) < 4.78 is 59.5. The number of hydrogen-bond donors (Lipinski definition) is 12. The van der Waals surface area contributed by atoms with E-state index >= 15 is 13.2 Å². The van der Waals surface area contributed by atoms with Crippen molar-refractivity contribution in [3.8, 4) is 0 Å². The molecule has 24 atom stereocenters. The Morgan fingerprint density at radius 1 is 0.461 bits per heavy atom. The average molecular weight is 1280 g/mol. The van der Waals surface area contributed by atoms with Gasteiger partial charge in [-0.2, -0.15) is 0 Å². The molecule has 12 aliphatic rings. The molecule has 0 spiro atoms. The molecule has 0 bridgehead atoms. The van der Waals surface area contributed by atoms with Crippen LogP contribution in [0, 0.1) is 85.8 Å². The van der Waals surface area contributed by atoms with Gasteiger partial charge >= 0.3 is 7.82 Å². The van der Waals surface area contributed by atoms with Crippen molar-refractivity contribution in [3.63, 3.8) is 0 Å². The molecule has 0 radical (unpaired) electrons. The summed E-state index contributed by atoms with van der Waals surface area (Å²) in [4.78, 5) is 94.7. The summed E-state index contributed by atoms with van der Waals surface area (Å²) in [6.45, 7) is 13.4. The maximum Gasteiger partial charge on any atom is 0.466 e. The zero-order valence-corrected chi connectivity index (χ0v) is 52.9. The lowest BCUT2D eigenvalue weighted by molar-refractivity contribution is -0.219. The predicted octanol–water partition coefficient (Wildman–Crippen LogP) is 4.76. The number of Topliss-reactive ketones (excluding diaryl/α,β-unsaturated/α-hetero) is 3. The molecule has 0 unspecified atom stereocenters. The van der Waals surface area contributed by atoms with Crippen LogP contribution in [0.1, 0.15) is 139 Å². The molecule has 0 saturated heterocycles. The number of hydrogen-bond acceptors (Lipinski definition) is 16. The van der Waals surface area contributed by atoms with Crippen molar-refractivity contribution >= 4 is 42.5 Å². The van der Waals surface area contributed by atoms with Gasteiger partial charge in [-0.3, -0.25) is 28.8 Å². The van der Waals surface area contributed by atoms with Crippen molar-refractivity contribution in [2.45, 2.75) is 191 Å². The first-order chi connectivity index (χ1) is 40.9. The van der Waals surface area contributed by atoms with Crippen LogP contribution in [0.4, 0.5) is 13.2 Å². The first-order valence-corrected chi connectivity index (χ1v) is 32.8. The number of carbonyl (C=O) groups is 6. The van der Waals surface area contributed by atoms with Gasteiger partial charge in [0.15, 0.2) is 51.7 Å². The topological polar surface area (TPSA) is 362 Å². The smallest absolute Gasteiger partial charge is 0.390 e. The van der Waals surface area contributed by atoms with Crippen LogP contribution in [-0.2, 0) is 33.3 Å². The molecule has 0 aromatic carbocycles. The number of aliphatic hydroxyl groups excluding tert-OH is 6. The normalized spacial score (nSPS) is 50.2. The number of allylic oxidation sites excluding steroid dienone is 12. The van der Waals surface area contributed by atoms with Gasteiger partial charge < -0.3 is 60.6 Å². The minimum absolute atomic E-state index is 0.0676. The van der Waals surface area contributed by atoms with Crippen molar-refractivity contribution in [2.75, 3.05) is 19.8 Å². The molecular formula is C66H90F3O19P. The molecule has 0 amide bonds. The van der Waals surface area contributed by atoms with Crippen LogP contribution in [0.2, 0.25) is 0 Å². The lowest BCUT2D eigenvalue weighted by Crippen LogP contribution is -2.69. The Morgan fingerprint density at radius 3 is 0.876 bits per heavy atom. The van der Waals surface area contributed by atoms with Crippen LogP contribution in [0.5, 0.6) is 0 Å². The molecule has 12 rings (SSSR count). The second-order valence-corrected chi connectivity index (χ2v) is 30.8. The minimum Gasteiger partial charge on any atom is -0.390 e. The second kappa shape index (κ2) is 22.3. The summed E-state index contributed by atoms with van der Waals surface area (Å²) in [5.74, 6) is -6.36. The summed E-state index contributed by atoms with van der Waals surface area (Å²) >= 11 is 0. The van der Waals surface area contributed by atoms with Crippen LogP contribution in [-0.4, -0.2) is 167 Å². The molecule has 0 heterocycles. The first-order valence-electron chi connectivity index (χ1n) is 31.2. The van der Waals surface area contributed by atoms with Crippen LogP contribution in [0.25, 0.3) is 0 Å². The van der Waals surface area contributed by atoms with Crippen LogP contribution in [0.3, 0.4) is 0 Å². The van der Waals surface area contributed by atoms with Crippen molar-refractivity contribution < 1.29 is 107 Å². The second-order valence-electron chi connectivity index (χ2n) is 29.8. The van der Waals surface area contributed by atoms with E-state index in [2.05, 4.69) is 0 Å². The Labute approximate surface area is 516 Å². The summed E-state index contributed by atoms with van der Waals surface area (Å²) in [7, 11) is -4.64. The standard InChI is InChI=1S/3C22H29FO5.H3O4P/c3*1-12-8-16-15-5-4-13-9-14(25)6-7-19(13,2)21(15,23)17(26)10-20(16,3)22(12,28)18(27)11-24;1-5(2,3)4/h3*6-7,9,12,15-17,24,26,28H,4-5,8,10-11H2,1-3H3;(H3,1,2,3,4)/t2*12-,15+,16+,17+,19+,20+,21+,22+;12-,15-,16-,17-,19-,20-,21-,22-;/m110./s1. The highest BCUT2D eigenvalue weighted by atomic mass is 31.2. The fourth-order valence-electron chi connectivity index (χ4n) is 21.8. The molecular weight excluding hydrogens is 1180 g/mol. The quantitative estimate of drug-likeness (QED) is 0.160. The van der Waals surface area contributed by atoms with E-state index < -0.39 is 165 Å². The van der Waals surface area contributed by atoms with Crippen LogP contribution < -0.4 is 0 Å². The monoisotopic (exact) mass is 1270 g/mol. The number of halogens is 3. The van der Waals surface area contributed by atoms with E-state index in [0.717, 1.165) is 0 Å². The molecule has 0 aliphatic heterocycles. The molecule has 0 aromatic heterocycles. The Bertz CT molecular complexity index is 2910. The van der Waals surface area contributed by atoms with Gasteiger partial charge in [0, 0.05) is 50.2 Å². The molecule has 89 heavy (non-hydrogen) atoms. The van der Waals surface area contributed by atoms with E-state index in [-0.39, 0.29) is 54.4 Å². The molecule has 9 saturated carbocycles. The van der Waals surface area contributed by atoms with Crippen LogP contribution >= 0.6 is 7.82 Å². The first kappa shape index (κ1) is 69.3. The number of alkyl halides is 3. The van der Waals surface area contributed by atoms with Gasteiger partial charge in [0.05, 0.1) is 18.3 Å². The molecule has 0 aromatic rings. The fraction of sp³-hybridized carbons (Fsp3) is 0.727. The Morgan fingerprint density at radius 2 is 0.674 bits per heavy atom. The third-order valence-corrected chi connectivity index (χ3v) is 26.4. The third kappa shape index (κ3) is 9.18. The number of ketones is 6. The van der Waals surface area contributed by atoms with E-state index in [0.29, 0.717) is 74.5 Å². The van der Waals surface area contributed by atoms with Crippen LogP contribution in [0.15, 0.2) is 71.4 Å². The molecule has 494 valence electrons. The largest absolute Gasteiger partial charge is 0.466 e. The van der Waals surface area contributed by atoms with Gasteiger partial charge in [-0.15, -0.1) is 0 Å². The highest BCUT2D eigenvalue weighted by molar-refractivity contribution is 7.45. The summed E-state index contributed by atoms with van der Waals surface area (Å²) in [5, 5.41) is 95.9. The Balaban J connectivity index is 0.000000153. The number of carbonyl (C=O) groups excluding carboxylic acids is 6. The van der Waals surface area contributed by atoms with E-state index in [9.17, 15) is 74.7 Å². The van der Waals surface area contributed by atoms with Gasteiger partial charge in [0.25, 0.3) is 0 Å². The Kier molecular flexibility index (Phi) is 17.4. The summed E-state index contributed by atoms with van der Waals surface area (Å²) in [6.07, 6.45) is 13.3. The number of rotatable bonds is 6. The molecule has 12 N–H and O–H groups in total. The average Bonchev–Trinajstić information content (AvgIpc) is 1.67. The van der Waals surface area contributed by atoms with Crippen molar-refractivity contribution in [1.29, 1.82) is 0 Å². The van der Waals surface area contributed by atoms with Gasteiger partial charge in [-0.05, 0) is 170 Å². The van der Waals surface area contributed by atoms with Crippen molar-refractivity contribution in [3.05, 3.63) is 71.4 Å². The molecule has 19 nitrogen and oxygen atoms in total. The highest BCUT2D eigenvalue weighted by Crippen LogP contribution is 2.74. The Hall–Kier alpha value is -4.00. The van der Waals surface area contributed by atoms with E-state index in [1.165, 1.54) is 36.5 Å². The third-order valence-electron chi connectivity index (χ3n) is 26.4. The predicted molar refractivity (Wildman–Crippen MR) is 314 cm³/mol. The lowest BCUT2D eigenvalue weighted by Gasteiger charge is -2.62. The maximum absolute atomic E-state index is 16.9. The molecule has 9 fully saturated rings. The van der Waals surface area contributed by atoms with Gasteiger partial charge in [0.1, 0.15) is 36.6 Å². The van der Waals surface area contributed by atoms with Gasteiger partial charge in [-0.25, -0.2) is 17.7 Å². The zero-order valence-electron chi connectivity index (χ0n) is 52.0. The summed E-state index contributed by atoms with van der Waals surface area (Å²) in [6, 6.07) is 0. The highest BCUT2D eigenvalue weighted by Gasteiger charge is 2.79. The fourth-order valence-corrected chi connectivity index (χ4v) is 21.8.